The second-order valence-corrected chi connectivity index (χ2v) is 5.42. The Morgan fingerprint density at radius 3 is 2.22 bits per heavy atom. The molecule has 0 bridgehead atoms. The summed E-state index contributed by atoms with van der Waals surface area (Å²) in [5, 5.41) is 2.98. The van der Waals surface area contributed by atoms with Gasteiger partial charge in [0.2, 0.25) is 0 Å². The van der Waals surface area contributed by atoms with Gasteiger partial charge in [-0.3, -0.25) is 4.79 Å². The lowest BCUT2D eigenvalue weighted by molar-refractivity contribution is -0.122. The minimum atomic E-state index is -0.578. The van der Waals surface area contributed by atoms with Crippen molar-refractivity contribution in [2.75, 3.05) is 12.4 Å². The summed E-state index contributed by atoms with van der Waals surface area (Å²) in [5.74, 6) is 1.03. The molecule has 1 N–H and O–H groups in total. The van der Waals surface area contributed by atoms with E-state index in [0.29, 0.717) is 17.9 Å². The zero-order chi connectivity index (χ0) is 16.8. The summed E-state index contributed by atoms with van der Waals surface area (Å²) in [6, 6.07) is 13.3. The molecule has 0 radical (unpaired) electrons. The number of carbonyl (C=O) groups excluding carboxylic acids is 1. The van der Waals surface area contributed by atoms with E-state index in [1.54, 1.807) is 13.2 Å². The maximum Gasteiger partial charge on any atom is 0.265 e. The number of nitrogens with one attached hydrogen (secondary N) is 1. The number of rotatable bonds is 6. The quantitative estimate of drug-likeness (QED) is 0.873. The van der Waals surface area contributed by atoms with Crippen LogP contribution in [0.2, 0.25) is 0 Å². The van der Waals surface area contributed by atoms with E-state index in [-0.39, 0.29) is 5.91 Å². The number of ether oxygens (including phenoxy) is 2. The van der Waals surface area contributed by atoms with Crippen molar-refractivity contribution in [1.82, 2.24) is 0 Å². The predicted molar refractivity (Wildman–Crippen MR) is 92.2 cm³/mol. The van der Waals surface area contributed by atoms with Crippen molar-refractivity contribution in [1.29, 1.82) is 0 Å². The molecule has 4 nitrogen and oxygen atoms in total. The van der Waals surface area contributed by atoms with Gasteiger partial charge in [0.15, 0.2) is 17.6 Å². The molecule has 2 rings (SSSR count). The molecule has 0 unspecified atom stereocenters. The van der Waals surface area contributed by atoms with Crippen molar-refractivity contribution in [3.63, 3.8) is 0 Å². The monoisotopic (exact) mass is 313 g/mol. The molecule has 0 aliphatic rings. The van der Waals surface area contributed by atoms with Gasteiger partial charge in [0, 0.05) is 5.69 Å². The zero-order valence-electron chi connectivity index (χ0n) is 14.1. The van der Waals surface area contributed by atoms with Crippen molar-refractivity contribution in [2.24, 2.45) is 0 Å². The molecule has 2 aromatic carbocycles. The number of benzene rings is 2. The van der Waals surface area contributed by atoms with Gasteiger partial charge < -0.3 is 14.8 Å². The molecule has 0 saturated heterocycles. The number of hydrogen-bond acceptors (Lipinski definition) is 3. The molecule has 0 aliphatic heterocycles. The SMILES string of the molecule is CC[C@@H](Oc1ccccc1OC)C(=O)Nc1c(C)cccc1C. The fourth-order valence-corrected chi connectivity index (χ4v) is 2.41. The van der Waals surface area contributed by atoms with Crippen LogP contribution in [0.5, 0.6) is 11.5 Å². The Balaban J connectivity index is 2.16. The van der Waals surface area contributed by atoms with Crippen LogP contribution in [0.1, 0.15) is 24.5 Å². The molecular formula is C19H23NO3. The van der Waals surface area contributed by atoms with E-state index < -0.39 is 6.10 Å². The van der Waals surface area contributed by atoms with Crippen LogP contribution in [0.4, 0.5) is 5.69 Å². The highest BCUT2D eigenvalue weighted by molar-refractivity contribution is 5.95. The Labute approximate surface area is 137 Å². The van der Waals surface area contributed by atoms with Gasteiger partial charge >= 0.3 is 0 Å². The average molecular weight is 313 g/mol. The number of anilines is 1. The van der Waals surface area contributed by atoms with E-state index in [0.717, 1.165) is 16.8 Å². The van der Waals surface area contributed by atoms with Crippen LogP contribution in [0.15, 0.2) is 42.5 Å². The third-order valence-corrected chi connectivity index (χ3v) is 3.73. The van der Waals surface area contributed by atoms with E-state index in [2.05, 4.69) is 5.32 Å². The highest BCUT2D eigenvalue weighted by Gasteiger charge is 2.21. The molecule has 0 saturated carbocycles. The third-order valence-electron chi connectivity index (χ3n) is 3.73. The van der Waals surface area contributed by atoms with Gasteiger partial charge in [-0.2, -0.15) is 0 Å². The topological polar surface area (TPSA) is 47.6 Å². The summed E-state index contributed by atoms with van der Waals surface area (Å²) in [7, 11) is 1.58. The molecular weight excluding hydrogens is 290 g/mol. The molecule has 0 spiro atoms. The van der Waals surface area contributed by atoms with Crippen molar-refractivity contribution in [3.8, 4) is 11.5 Å². The lowest BCUT2D eigenvalue weighted by Crippen LogP contribution is -2.33. The summed E-state index contributed by atoms with van der Waals surface area (Å²) in [5.41, 5.74) is 2.91. The molecule has 1 atom stereocenters. The van der Waals surface area contributed by atoms with E-state index >= 15 is 0 Å². The predicted octanol–water partition coefficient (Wildman–Crippen LogP) is 4.11. The minimum Gasteiger partial charge on any atom is -0.493 e. The van der Waals surface area contributed by atoms with Gasteiger partial charge in [-0.05, 0) is 43.5 Å². The molecule has 122 valence electrons. The first-order valence-corrected chi connectivity index (χ1v) is 7.73. The number of methoxy groups -OCH3 is 1. The van der Waals surface area contributed by atoms with Gasteiger partial charge in [0.1, 0.15) is 0 Å². The van der Waals surface area contributed by atoms with Crippen LogP contribution < -0.4 is 14.8 Å². The standard InChI is InChI=1S/C19H23NO3/c1-5-15(23-17-12-7-6-11-16(17)22-4)19(21)20-18-13(2)9-8-10-14(18)3/h6-12,15H,5H2,1-4H3,(H,20,21)/t15-/m1/s1. The highest BCUT2D eigenvalue weighted by Crippen LogP contribution is 2.28. The largest absolute Gasteiger partial charge is 0.493 e. The summed E-state index contributed by atoms with van der Waals surface area (Å²) in [6.45, 7) is 5.87. The lowest BCUT2D eigenvalue weighted by Gasteiger charge is -2.20. The van der Waals surface area contributed by atoms with Crippen molar-refractivity contribution >= 4 is 11.6 Å². The molecule has 4 heteroatoms. The van der Waals surface area contributed by atoms with Crippen LogP contribution in [0.25, 0.3) is 0 Å². The first-order chi connectivity index (χ1) is 11.1. The van der Waals surface area contributed by atoms with Gasteiger partial charge in [-0.15, -0.1) is 0 Å². The molecule has 0 aliphatic carbocycles. The average Bonchev–Trinajstić information content (AvgIpc) is 2.56. The van der Waals surface area contributed by atoms with Crippen LogP contribution in [0.3, 0.4) is 0 Å². The fraction of sp³-hybridized carbons (Fsp3) is 0.316. The number of para-hydroxylation sites is 3. The Bertz CT molecular complexity index is 662. The van der Waals surface area contributed by atoms with E-state index in [9.17, 15) is 4.79 Å². The molecule has 23 heavy (non-hydrogen) atoms. The fourth-order valence-electron chi connectivity index (χ4n) is 2.41. The minimum absolute atomic E-state index is 0.157. The highest BCUT2D eigenvalue weighted by atomic mass is 16.5. The molecule has 1 amide bonds. The Kier molecular flexibility index (Phi) is 5.63. The first kappa shape index (κ1) is 16.9. The lowest BCUT2D eigenvalue weighted by atomic mass is 10.1. The van der Waals surface area contributed by atoms with Gasteiger partial charge in [-0.25, -0.2) is 0 Å². The van der Waals surface area contributed by atoms with E-state index in [1.807, 2.05) is 57.2 Å². The maximum atomic E-state index is 12.6. The van der Waals surface area contributed by atoms with Crippen LogP contribution >= 0.6 is 0 Å². The van der Waals surface area contributed by atoms with E-state index in [4.69, 9.17) is 9.47 Å². The number of amides is 1. The van der Waals surface area contributed by atoms with Gasteiger partial charge in [-0.1, -0.05) is 37.3 Å². The van der Waals surface area contributed by atoms with Gasteiger partial charge in [0.05, 0.1) is 7.11 Å². The van der Waals surface area contributed by atoms with E-state index in [1.165, 1.54) is 0 Å². The maximum absolute atomic E-state index is 12.6. The number of hydrogen-bond donors (Lipinski definition) is 1. The Morgan fingerprint density at radius 1 is 1.04 bits per heavy atom. The van der Waals surface area contributed by atoms with Crippen LogP contribution in [-0.2, 0) is 4.79 Å². The summed E-state index contributed by atoms with van der Waals surface area (Å²) < 4.78 is 11.1. The van der Waals surface area contributed by atoms with Gasteiger partial charge in [0.25, 0.3) is 5.91 Å². The zero-order valence-corrected chi connectivity index (χ0v) is 14.1. The van der Waals surface area contributed by atoms with Crippen molar-refractivity contribution in [2.45, 2.75) is 33.3 Å². The third kappa shape index (κ3) is 4.03. The Hall–Kier alpha value is -2.49. The van der Waals surface area contributed by atoms with Crippen LogP contribution in [-0.4, -0.2) is 19.1 Å². The molecule has 0 fully saturated rings. The second kappa shape index (κ2) is 7.68. The number of carbonyl (C=O) groups is 1. The second-order valence-electron chi connectivity index (χ2n) is 5.42. The first-order valence-electron chi connectivity index (χ1n) is 7.73. The summed E-state index contributed by atoms with van der Waals surface area (Å²) >= 11 is 0. The Morgan fingerprint density at radius 2 is 1.65 bits per heavy atom. The van der Waals surface area contributed by atoms with Crippen LogP contribution in [0, 0.1) is 13.8 Å². The summed E-state index contributed by atoms with van der Waals surface area (Å²) in [4.78, 5) is 12.6. The summed E-state index contributed by atoms with van der Waals surface area (Å²) in [6.07, 6.45) is -0.0141. The number of aryl methyl sites for hydroxylation is 2. The van der Waals surface area contributed by atoms with Crippen molar-refractivity contribution in [3.05, 3.63) is 53.6 Å². The molecule has 0 aromatic heterocycles. The van der Waals surface area contributed by atoms with Crippen molar-refractivity contribution < 1.29 is 14.3 Å². The normalized spacial score (nSPS) is 11.7. The molecule has 2 aromatic rings. The smallest absolute Gasteiger partial charge is 0.265 e. The molecule has 0 heterocycles.